The molecule has 1 aliphatic heterocycles. The number of ether oxygens (including phenoxy) is 2. The van der Waals surface area contributed by atoms with Gasteiger partial charge in [0, 0.05) is 38.7 Å². The van der Waals surface area contributed by atoms with Gasteiger partial charge in [0.15, 0.2) is 18.1 Å². The van der Waals surface area contributed by atoms with E-state index in [1.807, 2.05) is 0 Å². The lowest BCUT2D eigenvalue weighted by Gasteiger charge is -2.36. The van der Waals surface area contributed by atoms with Gasteiger partial charge in [0.2, 0.25) is 5.91 Å². The smallest absolute Gasteiger partial charge is 0.341 e. The summed E-state index contributed by atoms with van der Waals surface area (Å²) < 4.78 is 10.7. The first kappa shape index (κ1) is 20.5. The predicted molar refractivity (Wildman–Crippen MR) is 98.1 cm³/mol. The Morgan fingerprint density at radius 2 is 1.85 bits per heavy atom. The number of nitrogens with zero attached hydrogens (tertiary/aromatic N) is 2. The van der Waals surface area contributed by atoms with Crippen molar-refractivity contribution in [3.8, 4) is 11.5 Å². The summed E-state index contributed by atoms with van der Waals surface area (Å²) in [5.41, 5.74) is 0.458. The molecule has 0 saturated carbocycles. The summed E-state index contributed by atoms with van der Waals surface area (Å²) in [6, 6.07) is 4.89. The minimum absolute atomic E-state index is 0.0260. The maximum Gasteiger partial charge on any atom is 0.341 e. The fraction of sp³-hybridized carbons (Fsp3) is 0.526. The monoisotopic (exact) mass is 378 g/mol. The minimum atomic E-state index is -1.09. The standard InChI is InChI=1S/C19H26N2O6/c1-4-26-17-11-14(5-6-16(17)27-12-18(23)24)19(25)21-9-7-15(8-10-21)20(3)13(2)22/h5-6,11,15H,4,7-10,12H2,1-3H3,(H,23,24). The second-order valence-electron chi connectivity index (χ2n) is 6.43. The van der Waals surface area contributed by atoms with E-state index in [2.05, 4.69) is 0 Å². The number of carboxylic acid groups (broad SMARTS) is 1. The Kier molecular flexibility index (Phi) is 7.04. The van der Waals surface area contributed by atoms with Crippen LogP contribution in [0.4, 0.5) is 0 Å². The van der Waals surface area contributed by atoms with Crippen molar-refractivity contribution in [2.75, 3.05) is 33.4 Å². The maximum atomic E-state index is 12.8. The van der Waals surface area contributed by atoms with E-state index < -0.39 is 12.6 Å². The van der Waals surface area contributed by atoms with Gasteiger partial charge in [0.05, 0.1) is 6.61 Å². The Morgan fingerprint density at radius 1 is 1.19 bits per heavy atom. The van der Waals surface area contributed by atoms with E-state index in [-0.39, 0.29) is 23.6 Å². The van der Waals surface area contributed by atoms with Gasteiger partial charge < -0.3 is 24.4 Å². The van der Waals surface area contributed by atoms with Crippen molar-refractivity contribution in [2.45, 2.75) is 32.7 Å². The minimum Gasteiger partial charge on any atom is -0.490 e. The zero-order valence-electron chi connectivity index (χ0n) is 15.9. The number of piperidine rings is 1. The third kappa shape index (κ3) is 5.35. The third-order valence-corrected chi connectivity index (χ3v) is 4.64. The van der Waals surface area contributed by atoms with Gasteiger partial charge in [-0.15, -0.1) is 0 Å². The fourth-order valence-corrected chi connectivity index (χ4v) is 3.06. The first-order valence-electron chi connectivity index (χ1n) is 8.97. The van der Waals surface area contributed by atoms with E-state index in [0.717, 1.165) is 12.8 Å². The van der Waals surface area contributed by atoms with Crippen LogP contribution in [0.15, 0.2) is 18.2 Å². The number of benzene rings is 1. The number of carbonyl (C=O) groups excluding carboxylic acids is 2. The van der Waals surface area contributed by atoms with E-state index in [9.17, 15) is 14.4 Å². The SMILES string of the molecule is CCOc1cc(C(=O)N2CCC(N(C)C(C)=O)CC2)ccc1OCC(=O)O. The Morgan fingerprint density at radius 3 is 2.41 bits per heavy atom. The highest BCUT2D eigenvalue weighted by molar-refractivity contribution is 5.95. The van der Waals surface area contributed by atoms with Crippen molar-refractivity contribution in [3.05, 3.63) is 23.8 Å². The van der Waals surface area contributed by atoms with Crippen LogP contribution in [0.3, 0.4) is 0 Å². The number of carbonyl (C=O) groups is 3. The molecule has 1 heterocycles. The highest BCUT2D eigenvalue weighted by atomic mass is 16.5. The number of hydrogen-bond acceptors (Lipinski definition) is 5. The molecule has 8 heteroatoms. The maximum absolute atomic E-state index is 12.8. The van der Waals surface area contributed by atoms with Crippen LogP contribution in [-0.2, 0) is 9.59 Å². The lowest BCUT2D eigenvalue weighted by molar-refractivity contribution is -0.139. The topological polar surface area (TPSA) is 96.4 Å². The van der Waals surface area contributed by atoms with Crippen LogP contribution in [0.5, 0.6) is 11.5 Å². The van der Waals surface area contributed by atoms with Gasteiger partial charge in [-0.25, -0.2) is 4.79 Å². The largest absolute Gasteiger partial charge is 0.490 e. The lowest BCUT2D eigenvalue weighted by Crippen LogP contribution is -2.46. The molecule has 0 aliphatic carbocycles. The summed E-state index contributed by atoms with van der Waals surface area (Å²) in [5, 5.41) is 8.75. The van der Waals surface area contributed by atoms with E-state index in [1.54, 1.807) is 48.9 Å². The first-order chi connectivity index (χ1) is 12.8. The molecule has 0 spiro atoms. The lowest BCUT2D eigenvalue weighted by atomic mass is 10.0. The van der Waals surface area contributed by atoms with Gasteiger partial charge in [-0.2, -0.15) is 0 Å². The van der Waals surface area contributed by atoms with Crippen LogP contribution < -0.4 is 9.47 Å². The normalized spacial score (nSPS) is 14.6. The van der Waals surface area contributed by atoms with Crippen molar-refractivity contribution in [1.82, 2.24) is 9.80 Å². The molecule has 1 aromatic carbocycles. The van der Waals surface area contributed by atoms with E-state index in [4.69, 9.17) is 14.6 Å². The average Bonchev–Trinajstić information content (AvgIpc) is 2.66. The van der Waals surface area contributed by atoms with Gasteiger partial charge >= 0.3 is 5.97 Å². The van der Waals surface area contributed by atoms with Crippen LogP contribution >= 0.6 is 0 Å². The van der Waals surface area contributed by atoms with Crippen molar-refractivity contribution < 1.29 is 29.0 Å². The number of likely N-dealkylation sites (tertiary alicyclic amines) is 1. The number of carboxylic acids is 1. The zero-order valence-corrected chi connectivity index (χ0v) is 15.9. The summed E-state index contributed by atoms with van der Waals surface area (Å²) >= 11 is 0. The first-order valence-corrected chi connectivity index (χ1v) is 8.97. The molecular formula is C19H26N2O6. The van der Waals surface area contributed by atoms with Crippen LogP contribution in [0, 0.1) is 0 Å². The van der Waals surface area contributed by atoms with Gasteiger partial charge in [-0.1, -0.05) is 0 Å². The van der Waals surface area contributed by atoms with E-state index in [0.29, 0.717) is 31.0 Å². The second kappa shape index (κ2) is 9.25. The summed E-state index contributed by atoms with van der Waals surface area (Å²) in [6.45, 7) is 4.37. The number of rotatable bonds is 7. The Balaban J connectivity index is 2.06. The molecule has 0 atom stereocenters. The second-order valence-corrected chi connectivity index (χ2v) is 6.43. The van der Waals surface area contributed by atoms with Gasteiger partial charge in [0.25, 0.3) is 5.91 Å². The molecule has 2 amide bonds. The molecule has 0 bridgehead atoms. The van der Waals surface area contributed by atoms with Gasteiger partial charge in [0.1, 0.15) is 0 Å². The Labute approximate surface area is 158 Å². The molecule has 1 fully saturated rings. The average molecular weight is 378 g/mol. The Bertz CT molecular complexity index is 697. The molecule has 0 aromatic heterocycles. The molecule has 1 N–H and O–H groups in total. The molecule has 1 aromatic rings. The predicted octanol–water partition coefficient (Wildman–Crippen LogP) is 1.63. The molecular weight excluding hydrogens is 352 g/mol. The Hall–Kier alpha value is -2.77. The van der Waals surface area contributed by atoms with Crippen molar-refractivity contribution >= 4 is 17.8 Å². The molecule has 27 heavy (non-hydrogen) atoms. The molecule has 0 unspecified atom stereocenters. The molecule has 1 saturated heterocycles. The quantitative estimate of drug-likeness (QED) is 0.775. The molecule has 2 rings (SSSR count). The van der Waals surface area contributed by atoms with Gasteiger partial charge in [-0.3, -0.25) is 9.59 Å². The summed E-state index contributed by atoms with van der Waals surface area (Å²) in [5.74, 6) is -0.549. The fourth-order valence-electron chi connectivity index (χ4n) is 3.06. The van der Waals surface area contributed by atoms with Crippen molar-refractivity contribution in [1.29, 1.82) is 0 Å². The molecule has 8 nitrogen and oxygen atoms in total. The van der Waals surface area contributed by atoms with Gasteiger partial charge in [-0.05, 0) is 38.0 Å². The van der Waals surface area contributed by atoms with Crippen LogP contribution in [-0.4, -0.2) is 72.1 Å². The van der Waals surface area contributed by atoms with E-state index >= 15 is 0 Å². The van der Waals surface area contributed by atoms with E-state index in [1.165, 1.54) is 0 Å². The summed E-state index contributed by atoms with van der Waals surface area (Å²) in [7, 11) is 1.79. The summed E-state index contributed by atoms with van der Waals surface area (Å²) in [4.78, 5) is 38.5. The number of aliphatic carboxylic acids is 1. The van der Waals surface area contributed by atoms with Crippen LogP contribution in [0.25, 0.3) is 0 Å². The van der Waals surface area contributed by atoms with Crippen molar-refractivity contribution in [3.63, 3.8) is 0 Å². The molecule has 1 aliphatic rings. The van der Waals surface area contributed by atoms with Crippen LogP contribution in [0.2, 0.25) is 0 Å². The molecule has 148 valence electrons. The summed E-state index contributed by atoms with van der Waals surface area (Å²) in [6.07, 6.45) is 1.47. The number of hydrogen-bond donors (Lipinski definition) is 1. The highest BCUT2D eigenvalue weighted by Gasteiger charge is 2.27. The van der Waals surface area contributed by atoms with Crippen molar-refractivity contribution in [2.24, 2.45) is 0 Å². The number of amides is 2. The highest BCUT2D eigenvalue weighted by Crippen LogP contribution is 2.29. The zero-order chi connectivity index (χ0) is 20.0. The van der Waals surface area contributed by atoms with Crippen LogP contribution in [0.1, 0.15) is 37.0 Å². The third-order valence-electron chi connectivity index (χ3n) is 4.64. The molecule has 0 radical (unpaired) electrons.